The van der Waals surface area contributed by atoms with Gasteiger partial charge in [0.25, 0.3) is 0 Å². The van der Waals surface area contributed by atoms with Crippen LogP contribution in [0.4, 0.5) is 0 Å². The molecule has 170 valence electrons. The van der Waals surface area contributed by atoms with Crippen LogP contribution in [-0.2, 0) is 24.3 Å². The first-order valence-corrected chi connectivity index (χ1v) is 12.0. The van der Waals surface area contributed by atoms with E-state index in [1.54, 1.807) is 4.88 Å². The molecule has 2 atom stereocenters. The Balaban J connectivity index is 0.00000272. The molecule has 0 aliphatic carbocycles. The first-order valence-electron chi connectivity index (χ1n) is 11.1. The summed E-state index contributed by atoms with van der Waals surface area (Å²) < 4.78 is 5.97. The van der Waals surface area contributed by atoms with Crippen LogP contribution in [0.5, 0.6) is 0 Å². The molecule has 3 heterocycles. The third kappa shape index (κ3) is 6.66. The van der Waals surface area contributed by atoms with Crippen LogP contribution < -0.4 is 5.32 Å². The number of guanidine groups is 1. The van der Waals surface area contributed by atoms with Gasteiger partial charge in [-0.1, -0.05) is 30.3 Å². The van der Waals surface area contributed by atoms with Gasteiger partial charge in [-0.25, -0.2) is 0 Å². The summed E-state index contributed by atoms with van der Waals surface area (Å²) >= 11 is 1.90. The predicted molar refractivity (Wildman–Crippen MR) is 140 cm³/mol. The highest BCUT2D eigenvalue weighted by molar-refractivity contribution is 14.0. The van der Waals surface area contributed by atoms with Gasteiger partial charge in [-0.15, -0.1) is 35.3 Å². The molecule has 2 unspecified atom stereocenters. The van der Waals surface area contributed by atoms with Crippen molar-refractivity contribution in [2.24, 2.45) is 10.9 Å². The smallest absolute Gasteiger partial charge is 0.193 e. The van der Waals surface area contributed by atoms with Crippen LogP contribution in [0.2, 0.25) is 0 Å². The number of thiophene rings is 1. The molecular weight excluding hydrogens is 519 g/mol. The molecule has 0 bridgehead atoms. The zero-order valence-electron chi connectivity index (χ0n) is 18.6. The van der Waals surface area contributed by atoms with Crippen LogP contribution >= 0.6 is 35.3 Å². The zero-order chi connectivity index (χ0) is 20.8. The Kier molecular flexibility index (Phi) is 9.62. The molecule has 4 rings (SSSR count). The summed E-state index contributed by atoms with van der Waals surface area (Å²) in [5, 5.41) is 5.85. The molecule has 0 radical (unpaired) electrons. The minimum atomic E-state index is 0. The van der Waals surface area contributed by atoms with E-state index in [9.17, 15) is 0 Å². The number of hydrogen-bond acceptors (Lipinski definition) is 4. The maximum atomic E-state index is 5.97. The van der Waals surface area contributed by atoms with Crippen LogP contribution in [0, 0.1) is 5.92 Å². The van der Waals surface area contributed by atoms with E-state index in [0.717, 1.165) is 51.7 Å². The molecule has 0 saturated carbocycles. The van der Waals surface area contributed by atoms with E-state index in [4.69, 9.17) is 4.74 Å². The monoisotopic (exact) mass is 554 g/mol. The van der Waals surface area contributed by atoms with Crippen molar-refractivity contribution in [1.82, 2.24) is 15.1 Å². The number of nitrogens with zero attached hydrogens (tertiary/aromatic N) is 3. The molecule has 0 spiro atoms. The van der Waals surface area contributed by atoms with Gasteiger partial charge in [0.05, 0.1) is 13.2 Å². The molecule has 1 fully saturated rings. The number of ether oxygens (including phenoxy) is 1. The molecule has 1 aromatic carbocycles. The molecule has 2 aliphatic heterocycles. The SMILES string of the molecule is CN=C(NCC(C)N1CCc2sccc2C1)N1CCC(COCc2ccccc2)C1.I. The van der Waals surface area contributed by atoms with Gasteiger partial charge in [0, 0.05) is 56.6 Å². The van der Waals surface area contributed by atoms with E-state index >= 15 is 0 Å². The molecule has 5 nitrogen and oxygen atoms in total. The molecule has 31 heavy (non-hydrogen) atoms. The average Bonchev–Trinajstić information content (AvgIpc) is 3.44. The lowest BCUT2D eigenvalue weighted by Gasteiger charge is -2.33. The molecule has 2 aromatic rings. The standard InChI is InChI=1S/C24H34N4OS.HI/c1-19(27-12-9-23-22(16-27)10-13-30-23)14-26-24(25-2)28-11-8-21(15-28)18-29-17-20-6-4-3-5-7-20;/h3-7,10,13,19,21H,8-9,11-12,14-18H2,1-2H3,(H,25,26);1H. The van der Waals surface area contributed by atoms with Crippen molar-refractivity contribution in [1.29, 1.82) is 0 Å². The first kappa shape index (κ1) is 24.5. The minimum Gasteiger partial charge on any atom is -0.376 e. The van der Waals surface area contributed by atoms with Crippen molar-refractivity contribution in [3.63, 3.8) is 0 Å². The van der Waals surface area contributed by atoms with Gasteiger partial charge < -0.3 is 15.0 Å². The number of hydrogen-bond donors (Lipinski definition) is 1. The minimum absolute atomic E-state index is 0. The Morgan fingerprint density at radius 3 is 2.90 bits per heavy atom. The van der Waals surface area contributed by atoms with Gasteiger partial charge in [0.1, 0.15) is 0 Å². The second-order valence-electron chi connectivity index (χ2n) is 8.47. The molecular formula is C24H35IN4OS. The number of likely N-dealkylation sites (tertiary alicyclic amines) is 1. The van der Waals surface area contributed by atoms with Gasteiger partial charge in [0.15, 0.2) is 5.96 Å². The van der Waals surface area contributed by atoms with Crippen molar-refractivity contribution < 1.29 is 4.74 Å². The number of aliphatic imine (C=N–C) groups is 1. The highest BCUT2D eigenvalue weighted by atomic mass is 127. The Labute approximate surface area is 207 Å². The maximum absolute atomic E-state index is 5.97. The highest BCUT2D eigenvalue weighted by Crippen LogP contribution is 2.25. The molecule has 2 aliphatic rings. The van der Waals surface area contributed by atoms with Crippen LogP contribution in [0.3, 0.4) is 0 Å². The van der Waals surface area contributed by atoms with E-state index in [1.807, 2.05) is 24.5 Å². The number of halogens is 1. The zero-order valence-corrected chi connectivity index (χ0v) is 21.8. The largest absolute Gasteiger partial charge is 0.376 e. The lowest BCUT2D eigenvalue weighted by molar-refractivity contribution is 0.0906. The third-order valence-corrected chi connectivity index (χ3v) is 7.30. The second-order valence-corrected chi connectivity index (χ2v) is 9.47. The fourth-order valence-electron chi connectivity index (χ4n) is 4.43. The van der Waals surface area contributed by atoms with Gasteiger partial charge in [-0.05, 0) is 42.3 Å². The quantitative estimate of drug-likeness (QED) is 0.316. The van der Waals surface area contributed by atoms with E-state index in [2.05, 4.69) is 62.7 Å². The van der Waals surface area contributed by atoms with Crippen molar-refractivity contribution >= 4 is 41.3 Å². The van der Waals surface area contributed by atoms with E-state index in [0.29, 0.717) is 18.6 Å². The van der Waals surface area contributed by atoms with E-state index in [-0.39, 0.29) is 24.0 Å². The summed E-state index contributed by atoms with van der Waals surface area (Å²) in [5.74, 6) is 1.60. The van der Waals surface area contributed by atoms with Gasteiger partial charge >= 0.3 is 0 Å². The Hall–Kier alpha value is -1.16. The number of benzene rings is 1. The third-order valence-electron chi connectivity index (χ3n) is 6.28. The lowest BCUT2D eigenvalue weighted by atomic mass is 10.1. The van der Waals surface area contributed by atoms with Crippen LogP contribution in [0.1, 0.15) is 29.3 Å². The van der Waals surface area contributed by atoms with E-state index < -0.39 is 0 Å². The second kappa shape index (κ2) is 12.2. The number of nitrogens with one attached hydrogen (secondary N) is 1. The Morgan fingerprint density at radius 1 is 1.26 bits per heavy atom. The summed E-state index contributed by atoms with van der Waals surface area (Å²) in [5.41, 5.74) is 2.76. The molecule has 1 N–H and O–H groups in total. The van der Waals surface area contributed by atoms with Crippen LogP contribution in [-0.4, -0.2) is 61.6 Å². The van der Waals surface area contributed by atoms with Crippen molar-refractivity contribution in [2.75, 3.05) is 39.8 Å². The summed E-state index contributed by atoms with van der Waals surface area (Å²) in [4.78, 5) is 11.1. The fraction of sp³-hybridized carbons (Fsp3) is 0.542. The Bertz CT molecular complexity index is 828. The van der Waals surface area contributed by atoms with Crippen LogP contribution in [0.25, 0.3) is 0 Å². The summed E-state index contributed by atoms with van der Waals surface area (Å²) in [6.07, 6.45) is 2.35. The van der Waals surface area contributed by atoms with Gasteiger partial charge in [0.2, 0.25) is 0 Å². The summed E-state index contributed by atoms with van der Waals surface area (Å²) in [6, 6.07) is 13.2. The summed E-state index contributed by atoms with van der Waals surface area (Å²) in [6.45, 7) is 9.06. The lowest BCUT2D eigenvalue weighted by Crippen LogP contribution is -2.48. The molecule has 7 heteroatoms. The van der Waals surface area contributed by atoms with Crippen molar-refractivity contribution in [2.45, 2.75) is 39.0 Å². The maximum Gasteiger partial charge on any atom is 0.193 e. The predicted octanol–water partition coefficient (Wildman–Crippen LogP) is 4.23. The highest BCUT2D eigenvalue weighted by Gasteiger charge is 2.26. The van der Waals surface area contributed by atoms with Gasteiger partial charge in [-0.2, -0.15) is 0 Å². The normalized spacial score (nSPS) is 20.3. The molecule has 0 amide bonds. The topological polar surface area (TPSA) is 40.1 Å². The first-order chi connectivity index (χ1) is 14.7. The van der Waals surface area contributed by atoms with Gasteiger partial charge in [-0.3, -0.25) is 9.89 Å². The van der Waals surface area contributed by atoms with E-state index in [1.165, 1.54) is 17.5 Å². The number of fused-ring (bicyclic) bond motifs is 1. The average molecular weight is 555 g/mol. The molecule has 1 saturated heterocycles. The van der Waals surface area contributed by atoms with Crippen LogP contribution in [0.15, 0.2) is 46.8 Å². The summed E-state index contributed by atoms with van der Waals surface area (Å²) in [7, 11) is 1.89. The Morgan fingerprint density at radius 2 is 2.10 bits per heavy atom. The molecule has 1 aromatic heterocycles. The fourth-order valence-corrected chi connectivity index (χ4v) is 5.32. The van der Waals surface area contributed by atoms with Crippen molar-refractivity contribution in [3.05, 3.63) is 57.8 Å². The van der Waals surface area contributed by atoms with Crippen molar-refractivity contribution in [3.8, 4) is 0 Å². The number of rotatable bonds is 7.